The molecule has 0 bridgehead atoms. The van der Waals surface area contributed by atoms with Crippen molar-refractivity contribution in [1.82, 2.24) is 16.0 Å². The van der Waals surface area contributed by atoms with E-state index in [1.165, 1.54) is 6.08 Å². The minimum Gasteiger partial charge on any atom is -0.342 e. The van der Waals surface area contributed by atoms with Crippen molar-refractivity contribution < 1.29 is 14.4 Å². The summed E-state index contributed by atoms with van der Waals surface area (Å²) in [6.07, 6.45) is 3.54. The second-order valence-electron chi connectivity index (χ2n) is 5.63. The summed E-state index contributed by atoms with van der Waals surface area (Å²) in [4.78, 5) is 32.5. The second-order valence-corrected chi connectivity index (χ2v) is 5.63. The van der Waals surface area contributed by atoms with E-state index in [1.54, 1.807) is 0 Å². The number of benzene rings is 2. The van der Waals surface area contributed by atoms with Crippen LogP contribution in [-0.2, 0) is 14.4 Å². The summed E-state index contributed by atoms with van der Waals surface area (Å²) in [5, 5.41) is 7.66. The number of amides is 3. The van der Waals surface area contributed by atoms with Gasteiger partial charge in [-0.3, -0.25) is 14.4 Å². The monoisotopic (exact) mass is 391 g/mol. The lowest BCUT2D eigenvalue weighted by Gasteiger charge is -2.18. The van der Waals surface area contributed by atoms with Crippen molar-refractivity contribution in [3.05, 3.63) is 110 Å². The zero-order valence-corrected chi connectivity index (χ0v) is 16.1. The van der Waals surface area contributed by atoms with Crippen molar-refractivity contribution in [2.75, 3.05) is 6.67 Å². The minimum absolute atomic E-state index is 0.0930. The molecule has 3 amide bonds. The van der Waals surface area contributed by atoms with Crippen LogP contribution in [-0.4, -0.2) is 24.4 Å². The molecule has 6 heteroatoms. The Labute approximate surface area is 171 Å². The summed E-state index contributed by atoms with van der Waals surface area (Å²) in [5.41, 5.74) is 2.11. The maximum atomic E-state index is 11.5. The molecule has 2 aromatic rings. The average Bonchev–Trinajstić information content (AvgIpc) is 2.78. The van der Waals surface area contributed by atoms with Crippen LogP contribution in [0.4, 0.5) is 0 Å². The lowest BCUT2D eigenvalue weighted by Crippen LogP contribution is -2.35. The van der Waals surface area contributed by atoms with Gasteiger partial charge in [0.25, 0.3) is 0 Å². The molecule has 0 heterocycles. The van der Waals surface area contributed by atoms with Gasteiger partial charge in [-0.05, 0) is 29.4 Å². The van der Waals surface area contributed by atoms with Crippen LogP contribution in [0.3, 0.4) is 0 Å². The van der Waals surface area contributed by atoms with E-state index in [4.69, 9.17) is 0 Å². The number of rotatable bonds is 8. The van der Waals surface area contributed by atoms with Crippen LogP contribution < -0.4 is 16.0 Å². The Kier molecular flexibility index (Phi) is 10.6. The fourth-order valence-corrected chi connectivity index (χ4v) is 2.21. The summed E-state index contributed by atoms with van der Waals surface area (Å²) in [6.45, 7) is 10.0. The molecular weight excluding hydrogens is 366 g/mol. The molecule has 0 atom stereocenters. The van der Waals surface area contributed by atoms with Gasteiger partial charge in [0.2, 0.25) is 17.7 Å². The summed E-state index contributed by atoms with van der Waals surface area (Å²) in [5.74, 6) is -0.823. The molecule has 0 saturated carbocycles. The molecule has 150 valence electrons. The molecule has 2 aromatic carbocycles. The molecule has 0 aliphatic carbocycles. The van der Waals surface area contributed by atoms with E-state index in [0.717, 1.165) is 23.3 Å². The maximum absolute atomic E-state index is 11.5. The Hall–Kier alpha value is -3.93. The first kappa shape index (κ1) is 23.1. The highest BCUT2D eigenvalue weighted by atomic mass is 16.2. The van der Waals surface area contributed by atoms with Crippen molar-refractivity contribution >= 4 is 17.7 Å². The third-order valence-electron chi connectivity index (χ3n) is 3.63. The fraction of sp³-hybridized carbons (Fsp3) is 0.0870. The molecule has 0 radical (unpaired) electrons. The summed E-state index contributed by atoms with van der Waals surface area (Å²) in [6, 6.07) is 19.6. The van der Waals surface area contributed by atoms with Crippen LogP contribution in [0.15, 0.2) is 98.6 Å². The first-order valence-electron chi connectivity index (χ1n) is 8.85. The van der Waals surface area contributed by atoms with Crippen molar-refractivity contribution in [3.63, 3.8) is 0 Å². The molecule has 29 heavy (non-hydrogen) atoms. The van der Waals surface area contributed by atoms with Gasteiger partial charge in [0.1, 0.15) is 0 Å². The zero-order chi connectivity index (χ0) is 21.5. The predicted molar refractivity (Wildman–Crippen MR) is 115 cm³/mol. The van der Waals surface area contributed by atoms with Crippen molar-refractivity contribution in [1.29, 1.82) is 0 Å². The number of carbonyl (C=O) groups is 3. The van der Waals surface area contributed by atoms with Crippen LogP contribution in [0.25, 0.3) is 0 Å². The Morgan fingerprint density at radius 2 is 1.07 bits per heavy atom. The molecule has 0 aliphatic heterocycles. The molecule has 0 aromatic heterocycles. The summed E-state index contributed by atoms with van der Waals surface area (Å²) < 4.78 is 0. The lowest BCUT2D eigenvalue weighted by molar-refractivity contribution is -0.118. The van der Waals surface area contributed by atoms with Gasteiger partial charge in [-0.15, -0.1) is 0 Å². The summed E-state index contributed by atoms with van der Waals surface area (Å²) in [7, 11) is 0. The molecule has 2 rings (SSSR count). The Morgan fingerprint density at radius 3 is 1.41 bits per heavy atom. The molecule has 0 unspecified atom stereocenters. The summed E-state index contributed by atoms with van der Waals surface area (Å²) >= 11 is 0. The Bertz CT molecular complexity index is 773. The SMILES string of the molecule is C=CC(=O)NC(c1ccccc1)c1ccccc1.C=CC(=O)NCNC(=O)C=C. The number of hydrogen-bond donors (Lipinski definition) is 3. The number of carbonyl (C=O) groups excluding carboxylic acids is 3. The normalized spacial score (nSPS) is 9.28. The molecular formula is C23H25N3O3. The lowest BCUT2D eigenvalue weighted by atomic mass is 9.99. The van der Waals surface area contributed by atoms with Gasteiger partial charge in [-0.25, -0.2) is 0 Å². The van der Waals surface area contributed by atoms with E-state index in [2.05, 4.69) is 35.7 Å². The first-order chi connectivity index (χ1) is 14.0. The maximum Gasteiger partial charge on any atom is 0.244 e. The van der Waals surface area contributed by atoms with E-state index < -0.39 is 0 Å². The van der Waals surface area contributed by atoms with E-state index >= 15 is 0 Å². The van der Waals surface area contributed by atoms with E-state index in [-0.39, 0.29) is 30.4 Å². The van der Waals surface area contributed by atoms with Gasteiger partial charge in [0.15, 0.2) is 0 Å². The highest BCUT2D eigenvalue weighted by Gasteiger charge is 2.14. The van der Waals surface area contributed by atoms with Crippen LogP contribution in [0.2, 0.25) is 0 Å². The van der Waals surface area contributed by atoms with Crippen molar-refractivity contribution in [3.8, 4) is 0 Å². The smallest absolute Gasteiger partial charge is 0.244 e. The van der Waals surface area contributed by atoms with Gasteiger partial charge in [0.05, 0.1) is 12.7 Å². The molecule has 6 nitrogen and oxygen atoms in total. The third-order valence-corrected chi connectivity index (χ3v) is 3.63. The highest BCUT2D eigenvalue weighted by Crippen LogP contribution is 2.21. The largest absolute Gasteiger partial charge is 0.342 e. The van der Waals surface area contributed by atoms with Gasteiger partial charge in [-0.2, -0.15) is 0 Å². The zero-order valence-electron chi connectivity index (χ0n) is 16.1. The molecule has 3 N–H and O–H groups in total. The van der Waals surface area contributed by atoms with Crippen LogP contribution in [0.5, 0.6) is 0 Å². The number of nitrogens with one attached hydrogen (secondary N) is 3. The Balaban J connectivity index is 0.000000331. The van der Waals surface area contributed by atoms with Gasteiger partial charge in [0, 0.05) is 0 Å². The standard InChI is InChI=1S/C16H15NO.C7H10N2O2/c1-2-15(18)17-16(13-9-5-3-6-10-13)14-11-7-4-8-12-14;1-3-6(10)8-5-9-7(11)4-2/h2-12,16H,1H2,(H,17,18);3-4H,1-2,5H2,(H,8,10)(H,9,11). The van der Waals surface area contributed by atoms with Crippen LogP contribution in [0, 0.1) is 0 Å². The van der Waals surface area contributed by atoms with Gasteiger partial charge >= 0.3 is 0 Å². The van der Waals surface area contributed by atoms with Crippen LogP contribution in [0.1, 0.15) is 17.2 Å². The average molecular weight is 391 g/mol. The number of hydrogen-bond acceptors (Lipinski definition) is 3. The van der Waals surface area contributed by atoms with E-state index in [1.807, 2.05) is 60.7 Å². The van der Waals surface area contributed by atoms with E-state index in [0.29, 0.717) is 0 Å². The highest BCUT2D eigenvalue weighted by molar-refractivity contribution is 5.89. The minimum atomic E-state index is -0.325. The van der Waals surface area contributed by atoms with Crippen molar-refractivity contribution in [2.45, 2.75) is 6.04 Å². The van der Waals surface area contributed by atoms with Crippen molar-refractivity contribution in [2.24, 2.45) is 0 Å². The second kappa shape index (κ2) is 13.3. The third kappa shape index (κ3) is 9.01. The Morgan fingerprint density at radius 1 is 0.690 bits per heavy atom. The fourth-order valence-electron chi connectivity index (χ4n) is 2.21. The molecule has 0 spiro atoms. The molecule has 0 fully saturated rings. The quantitative estimate of drug-likeness (QED) is 0.478. The predicted octanol–water partition coefficient (Wildman–Crippen LogP) is 2.63. The first-order valence-corrected chi connectivity index (χ1v) is 8.85. The van der Waals surface area contributed by atoms with E-state index in [9.17, 15) is 14.4 Å². The molecule has 0 saturated heterocycles. The van der Waals surface area contributed by atoms with Crippen LogP contribution >= 0.6 is 0 Å². The topological polar surface area (TPSA) is 87.3 Å². The molecule has 0 aliphatic rings. The van der Waals surface area contributed by atoms with Gasteiger partial charge in [-0.1, -0.05) is 80.4 Å². The van der Waals surface area contributed by atoms with Gasteiger partial charge < -0.3 is 16.0 Å².